The Hall–Kier alpha value is -2.38. The molecule has 30 heavy (non-hydrogen) atoms. The van der Waals surface area contributed by atoms with Gasteiger partial charge in [0.15, 0.2) is 5.96 Å². The van der Waals surface area contributed by atoms with Crippen LogP contribution in [-0.2, 0) is 4.79 Å². The number of hydrogen-bond acceptors (Lipinski definition) is 5. The summed E-state index contributed by atoms with van der Waals surface area (Å²) in [5, 5.41) is 6.61. The van der Waals surface area contributed by atoms with Gasteiger partial charge in [-0.25, -0.2) is 9.97 Å². The van der Waals surface area contributed by atoms with E-state index in [1.54, 1.807) is 12.4 Å². The topological polar surface area (TPSA) is 85.8 Å². The van der Waals surface area contributed by atoms with Crippen LogP contribution in [0.2, 0.25) is 0 Å². The largest absolute Gasteiger partial charge is 0.357 e. The molecule has 0 saturated carbocycles. The summed E-state index contributed by atoms with van der Waals surface area (Å²) in [5.74, 6) is 2.36. The number of aliphatic imine (C=N–C) groups is 1. The molecule has 1 aliphatic rings. The molecule has 1 fully saturated rings. The Morgan fingerprint density at radius 1 is 1.13 bits per heavy atom. The SMILES string of the molecule is CCCCC(CC)CN=C(NCC)NCCC(=O)N1CCN(c2ncccn2)CC1. The van der Waals surface area contributed by atoms with Gasteiger partial charge in [0.1, 0.15) is 0 Å². The van der Waals surface area contributed by atoms with Crippen molar-refractivity contribution >= 4 is 17.8 Å². The minimum Gasteiger partial charge on any atom is -0.357 e. The summed E-state index contributed by atoms with van der Waals surface area (Å²) in [6.07, 6.45) is 8.85. The number of nitrogens with zero attached hydrogens (tertiary/aromatic N) is 5. The van der Waals surface area contributed by atoms with Crippen molar-refractivity contribution in [2.24, 2.45) is 10.9 Å². The lowest BCUT2D eigenvalue weighted by Gasteiger charge is -2.34. The molecule has 2 heterocycles. The molecule has 1 unspecified atom stereocenters. The number of anilines is 1. The van der Waals surface area contributed by atoms with Crippen LogP contribution in [0, 0.1) is 5.92 Å². The van der Waals surface area contributed by atoms with Crippen molar-refractivity contribution in [3.8, 4) is 0 Å². The first-order chi connectivity index (χ1) is 14.7. The number of aromatic nitrogens is 2. The van der Waals surface area contributed by atoms with E-state index >= 15 is 0 Å². The number of hydrogen-bond donors (Lipinski definition) is 2. The molecule has 1 atom stereocenters. The lowest BCUT2D eigenvalue weighted by atomic mass is 10.00. The summed E-state index contributed by atoms with van der Waals surface area (Å²) in [7, 11) is 0. The lowest BCUT2D eigenvalue weighted by molar-refractivity contribution is -0.131. The third-order valence-corrected chi connectivity index (χ3v) is 5.49. The van der Waals surface area contributed by atoms with E-state index < -0.39 is 0 Å². The van der Waals surface area contributed by atoms with Crippen LogP contribution in [0.1, 0.15) is 52.9 Å². The number of nitrogens with one attached hydrogen (secondary N) is 2. The quantitative estimate of drug-likeness (QED) is 0.424. The molecule has 2 rings (SSSR count). The number of carbonyl (C=O) groups is 1. The highest BCUT2D eigenvalue weighted by molar-refractivity contribution is 5.81. The molecule has 8 heteroatoms. The molecule has 0 aliphatic carbocycles. The van der Waals surface area contributed by atoms with Crippen molar-refractivity contribution in [2.45, 2.75) is 52.9 Å². The minimum absolute atomic E-state index is 0.182. The van der Waals surface area contributed by atoms with Crippen molar-refractivity contribution in [3.63, 3.8) is 0 Å². The lowest BCUT2D eigenvalue weighted by Crippen LogP contribution is -2.50. The van der Waals surface area contributed by atoms with Crippen molar-refractivity contribution in [1.82, 2.24) is 25.5 Å². The molecule has 0 spiro atoms. The van der Waals surface area contributed by atoms with E-state index in [2.05, 4.69) is 46.3 Å². The summed E-state index contributed by atoms with van der Waals surface area (Å²) < 4.78 is 0. The third-order valence-electron chi connectivity index (χ3n) is 5.49. The fourth-order valence-corrected chi connectivity index (χ4v) is 3.54. The van der Waals surface area contributed by atoms with E-state index in [0.29, 0.717) is 32.0 Å². The van der Waals surface area contributed by atoms with Gasteiger partial charge in [0.05, 0.1) is 0 Å². The first kappa shape index (κ1) is 23.9. The van der Waals surface area contributed by atoms with Gasteiger partial charge >= 0.3 is 0 Å². The van der Waals surface area contributed by atoms with Crippen LogP contribution in [0.4, 0.5) is 5.95 Å². The second-order valence-corrected chi connectivity index (χ2v) is 7.73. The van der Waals surface area contributed by atoms with Crippen LogP contribution in [0.15, 0.2) is 23.5 Å². The Labute approximate surface area is 181 Å². The highest BCUT2D eigenvalue weighted by Gasteiger charge is 2.22. The van der Waals surface area contributed by atoms with Crippen molar-refractivity contribution in [2.75, 3.05) is 50.7 Å². The smallest absolute Gasteiger partial charge is 0.225 e. The Morgan fingerprint density at radius 2 is 1.87 bits per heavy atom. The van der Waals surface area contributed by atoms with E-state index in [9.17, 15) is 4.79 Å². The summed E-state index contributed by atoms with van der Waals surface area (Å²) in [6.45, 7) is 11.7. The maximum Gasteiger partial charge on any atom is 0.225 e. The first-order valence-electron chi connectivity index (χ1n) is 11.5. The summed E-state index contributed by atoms with van der Waals surface area (Å²) in [5.41, 5.74) is 0. The van der Waals surface area contributed by atoms with Gasteiger partial charge in [-0.2, -0.15) is 0 Å². The number of amides is 1. The summed E-state index contributed by atoms with van der Waals surface area (Å²) >= 11 is 0. The maximum absolute atomic E-state index is 12.6. The number of unbranched alkanes of at least 4 members (excludes halogenated alkanes) is 1. The molecular weight excluding hydrogens is 378 g/mol. The van der Waals surface area contributed by atoms with Crippen molar-refractivity contribution in [1.29, 1.82) is 0 Å². The normalized spacial score (nSPS) is 15.8. The Bertz CT molecular complexity index is 630. The van der Waals surface area contributed by atoms with E-state index in [1.807, 2.05) is 11.0 Å². The average molecular weight is 418 g/mol. The zero-order valence-corrected chi connectivity index (χ0v) is 18.9. The molecule has 8 nitrogen and oxygen atoms in total. The van der Waals surface area contributed by atoms with Crippen LogP contribution in [-0.4, -0.2) is 72.5 Å². The maximum atomic E-state index is 12.6. The monoisotopic (exact) mass is 417 g/mol. The second kappa shape index (κ2) is 13.8. The van der Waals surface area contributed by atoms with Gasteiger partial charge in [0, 0.05) is 64.6 Å². The molecule has 168 valence electrons. The number of rotatable bonds is 11. The van der Waals surface area contributed by atoms with Gasteiger partial charge in [-0.3, -0.25) is 9.79 Å². The second-order valence-electron chi connectivity index (χ2n) is 7.73. The Morgan fingerprint density at radius 3 is 2.50 bits per heavy atom. The molecule has 1 amide bonds. The van der Waals surface area contributed by atoms with Gasteiger partial charge in [-0.1, -0.05) is 33.1 Å². The fourth-order valence-electron chi connectivity index (χ4n) is 3.54. The minimum atomic E-state index is 0.182. The number of piperazine rings is 1. The zero-order valence-electron chi connectivity index (χ0n) is 18.9. The molecule has 1 aromatic heterocycles. The van der Waals surface area contributed by atoms with E-state index in [1.165, 1.54) is 19.3 Å². The average Bonchev–Trinajstić information content (AvgIpc) is 2.79. The molecule has 0 radical (unpaired) electrons. The van der Waals surface area contributed by atoms with Gasteiger partial charge in [0.2, 0.25) is 11.9 Å². The zero-order chi connectivity index (χ0) is 21.6. The highest BCUT2D eigenvalue weighted by Crippen LogP contribution is 2.13. The Balaban J connectivity index is 1.73. The standard InChI is InChI=1S/C22H39N7O/c1-4-7-9-19(5-2)18-27-21(23-6-3)24-13-10-20(30)28-14-16-29(17-15-28)22-25-11-8-12-26-22/h8,11-12,19H,4-7,9-10,13-18H2,1-3H3,(H2,23,24,27). The summed E-state index contributed by atoms with van der Waals surface area (Å²) in [4.78, 5) is 30.0. The number of carbonyl (C=O) groups excluding carboxylic acids is 1. The van der Waals surface area contributed by atoms with Gasteiger partial charge in [-0.15, -0.1) is 0 Å². The predicted octanol–water partition coefficient (Wildman–Crippen LogP) is 2.29. The van der Waals surface area contributed by atoms with Crippen LogP contribution in [0.5, 0.6) is 0 Å². The van der Waals surface area contributed by atoms with Gasteiger partial charge < -0.3 is 20.4 Å². The van der Waals surface area contributed by atoms with E-state index in [0.717, 1.165) is 44.5 Å². The van der Waals surface area contributed by atoms with Crippen LogP contribution in [0.25, 0.3) is 0 Å². The van der Waals surface area contributed by atoms with Crippen molar-refractivity contribution in [3.05, 3.63) is 18.5 Å². The molecule has 1 aromatic rings. The van der Waals surface area contributed by atoms with Crippen LogP contribution < -0.4 is 15.5 Å². The first-order valence-corrected chi connectivity index (χ1v) is 11.5. The molecule has 2 N–H and O–H groups in total. The van der Waals surface area contributed by atoms with Crippen LogP contribution >= 0.6 is 0 Å². The molecular formula is C22H39N7O. The molecule has 1 saturated heterocycles. The number of guanidine groups is 1. The summed E-state index contributed by atoms with van der Waals surface area (Å²) in [6, 6.07) is 1.81. The van der Waals surface area contributed by atoms with Crippen molar-refractivity contribution < 1.29 is 4.79 Å². The van der Waals surface area contributed by atoms with Gasteiger partial charge in [0.25, 0.3) is 0 Å². The van der Waals surface area contributed by atoms with E-state index in [-0.39, 0.29) is 5.91 Å². The fraction of sp³-hybridized carbons (Fsp3) is 0.727. The van der Waals surface area contributed by atoms with Crippen LogP contribution in [0.3, 0.4) is 0 Å². The van der Waals surface area contributed by atoms with E-state index in [4.69, 9.17) is 4.99 Å². The molecule has 0 aromatic carbocycles. The molecule has 1 aliphatic heterocycles. The Kier molecular flexibility index (Phi) is 11.0. The van der Waals surface area contributed by atoms with Gasteiger partial charge in [-0.05, 0) is 25.3 Å². The predicted molar refractivity (Wildman–Crippen MR) is 123 cm³/mol. The molecule has 0 bridgehead atoms. The third kappa shape index (κ3) is 8.16. The highest BCUT2D eigenvalue weighted by atomic mass is 16.2.